The van der Waals surface area contributed by atoms with Crippen LogP contribution in [0.2, 0.25) is 0 Å². The topological polar surface area (TPSA) is 89.3 Å². The van der Waals surface area contributed by atoms with Gasteiger partial charge in [0.25, 0.3) is 0 Å². The quantitative estimate of drug-likeness (QED) is 0.768. The molecule has 3 rings (SSSR count). The van der Waals surface area contributed by atoms with Crippen LogP contribution >= 0.6 is 0 Å². The number of amides is 2. The summed E-state index contributed by atoms with van der Waals surface area (Å²) in [7, 11) is 0. The predicted octanol–water partition coefficient (Wildman–Crippen LogP) is 2.98. The SMILES string of the molecule is CC(C)c1cc(CNC(=O)NCc2ccc(OCC3CC3)nc2)on1. The van der Waals surface area contributed by atoms with E-state index in [9.17, 15) is 4.79 Å². The number of nitrogens with zero attached hydrogens (tertiary/aromatic N) is 2. The van der Waals surface area contributed by atoms with E-state index in [-0.39, 0.29) is 6.03 Å². The zero-order chi connectivity index (χ0) is 17.6. The van der Waals surface area contributed by atoms with E-state index in [4.69, 9.17) is 9.26 Å². The van der Waals surface area contributed by atoms with Gasteiger partial charge in [-0.05, 0) is 30.2 Å². The van der Waals surface area contributed by atoms with Gasteiger partial charge in [-0.1, -0.05) is 25.1 Å². The molecule has 1 saturated carbocycles. The van der Waals surface area contributed by atoms with Crippen molar-refractivity contribution in [3.63, 3.8) is 0 Å². The van der Waals surface area contributed by atoms with Crippen LogP contribution in [0.1, 0.15) is 49.6 Å². The minimum absolute atomic E-state index is 0.267. The number of carbonyl (C=O) groups excluding carboxylic acids is 1. The smallest absolute Gasteiger partial charge is 0.315 e. The summed E-state index contributed by atoms with van der Waals surface area (Å²) in [6, 6.07) is 5.33. The highest BCUT2D eigenvalue weighted by Crippen LogP contribution is 2.29. The van der Waals surface area contributed by atoms with E-state index in [0.717, 1.165) is 17.9 Å². The number of urea groups is 1. The van der Waals surface area contributed by atoms with Crippen LogP contribution < -0.4 is 15.4 Å². The molecule has 1 aliphatic rings. The van der Waals surface area contributed by atoms with Gasteiger partial charge in [0, 0.05) is 24.9 Å². The number of hydrogen-bond donors (Lipinski definition) is 2. The largest absolute Gasteiger partial charge is 0.477 e. The van der Waals surface area contributed by atoms with Gasteiger partial charge in [-0.2, -0.15) is 0 Å². The van der Waals surface area contributed by atoms with Gasteiger partial charge in [0.15, 0.2) is 5.76 Å². The van der Waals surface area contributed by atoms with Gasteiger partial charge in [0.1, 0.15) is 0 Å². The molecule has 2 N–H and O–H groups in total. The molecule has 2 amide bonds. The van der Waals surface area contributed by atoms with Crippen LogP contribution in [-0.4, -0.2) is 22.8 Å². The summed E-state index contributed by atoms with van der Waals surface area (Å²) < 4.78 is 10.8. The third-order valence-corrected chi connectivity index (χ3v) is 4.01. The molecular weight excluding hydrogens is 320 g/mol. The first-order valence-corrected chi connectivity index (χ1v) is 8.65. The fraction of sp³-hybridized carbons (Fsp3) is 0.500. The van der Waals surface area contributed by atoms with Gasteiger partial charge < -0.3 is 19.9 Å². The Bertz CT molecular complexity index is 693. The zero-order valence-corrected chi connectivity index (χ0v) is 14.6. The molecule has 0 atom stereocenters. The van der Waals surface area contributed by atoms with Gasteiger partial charge >= 0.3 is 6.03 Å². The lowest BCUT2D eigenvalue weighted by Crippen LogP contribution is -2.34. The van der Waals surface area contributed by atoms with Gasteiger partial charge in [0.2, 0.25) is 5.88 Å². The van der Waals surface area contributed by atoms with E-state index in [0.29, 0.717) is 36.6 Å². The molecule has 0 spiro atoms. The number of ether oxygens (including phenoxy) is 1. The summed E-state index contributed by atoms with van der Waals surface area (Å²) in [5.74, 6) is 2.27. The van der Waals surface area contributed by atoms with Crippen LogP contribution in [0.3, 0.4) is 0 Å². The lowest BCUT2D eigenvalue weighted by Gasteiger charge is -2.07. The van der Waals surface area contributed by atoms with Crippen LogP contribution in [0.15, 0.2) is 28.9 Å². The van der Waals surface area contributed by atoms with Gasteiger partial charge in [0.05, 0.1) is 18.8 Å². The molecule has 0 radical (unpaired) electrons. The number of pyridine rings is 1. The van der Waals surface area contributed by atoms with Crippen molar-refractivity contribution in [2.75, 3.05) is 6.61 Å². The maximum Gasteiger partial charge on any atom is 0.315 e. The second-order valence-corrected chi connectivity index (χ2v) is 6.67. The van der Waals surface area contributed by atoms with E-state index in [1.807, 2.05) is 32.0 Å². The Hall–Kier alpha value is -2.57. The number of hydrogen-bond acceptors (Lipinski definition) is 5. The molecule has 134 valence electrons. The lowest BCUT2D eigenvalue weighted by molar-refractivity contribution is 0.238. The van der Waals surface area contributed by atoms with Crippen molar-refractivity contribution in [1.82, 2.24) is 20.8 Å². The molecule has 1 aliphatic carbocycles. The van der Waals surface area contributed by atoms with Crippen molar-refractivity contribution in [3.8, 4) is 5.88 Å². The second kappa shape index (κ2) is 8.00. The van der Waals surface area contributed by atoms with Crippen molar-refractivity contribution in [1.29, 1.82) is 0 Å². The summed E-state index contributed by atoms with van der Waals surface area (Å²) in [5.41, 5.74) is 1.79. The average Bonchev–Trinajstić information content (AvgIpc) is 3.32. The Balaban J connectivity index is 1.37. The molecule has 1 fully saturated rings. The van der Waals surface area contributed by atoms with Crippen molar-refractivity contribution in [2.45, 2.75) is 45.7 Å². The summed E-state index contributed by atoms with van der Waals surface area (Å²) in [6.07, 6.45) is 4.22. The fourth-order valence-corrected chi connectivity index (χ4v) is 2.19. The van der Waals surface area contributed by atoms with E-state index < -0.39 is 0 Å². The van der Waals surface area contributed by atoms with E-state index in [2.05, 4.69) is 20.8 Å². The Labute approximate surface area is 147 Å². The average molecular weight is 344 g/mol. The number of carbonyl (C=O) groups is 1. The van der Waals surface area contributed by atoms with Crippen molar-refractivity contribution in [3.05, 3.63) is 41.4 Å². The second-order valence-electron chi connectivity index (χ2n) is 6.67. The molecule has 0 bridgehead atoms. The minimum atomic E-state index is -0.267. The highest BCUT2D eigenvalue weighted by molar-refractivity contribution is 5.73. The fourth-order valence-electron chi connectivity index (χ4n) is 2.19. The predicted molar refractivity (Wildman–Crippen MR) is 92.1 cm³/mol. The van der Waals surface area contributed by atoms with Gasteiger partial charge in [-0.3, -0.25) is 0 Å². The summed E-state index contributed by atoms with van der Waals surface area (Å²) in [6.45, 7) is 5.52. The zero-order valence-electron chi connectivity index (χ0n) is 14.6. The monoisotopic (exact) mass is 344 g/mol. The molecule has 2 heterocycles. The highest BCUT2D eigenvalue weighted by Gasteiger charge is 2.22. The summed E-state index contributed by atoms with van der Waals surface area (Å²) >= 11 is 0. The number of rotatable bonds is 8. The minimum Gasteiger partial charge on any atom is -0.477 e. The van der Waals surface area contributed by atoms with Crippen LogP contribution in [0.25, 0.3) is 0 Å². The maximum absolute atomic E-state index is 11.9. The van der Waals surface area contributed by atoms with Crippen molar-refractivity contribution in [2.24, 2.45) is 5.92 Å². The number of nitrogens with one attached hydrogen (secondary N) is 2. The van der Waals surface area contributed by atoms with E-state index >= 15 is 0 Å². The first kappa shape index (κ1) is 17.3. The molecule has 0 aromatic carbocycles. The molecule has 0 unspecified atom stereocenters. The first-order valence-electron chi connectivity index (χ1n) is 8.65. The van der Waals surface area contributed by atoms with Gasteiger partial charge in [-0.15, -0.1) is 0 Å². The molecule has 0 aliphatic heterocycles. The Morgan fingerprint density at radius 3 is 2.76 bits per heavy atom. The van der Waals surface area contributed by atoms with E-state index in [1.54, 1.807) is 6.20 Å². The molecule has 2 aromatic rings. The normalized spacial score (nSPS) is 13.7. The molecule has 0 saturated heterocycles. The molecule has 2 aromatic heterocycles. The van der Waals surface area contributed by atoms with Crippen molar-refractivity contribution >= 4 is 6.03 Å². The van der Waals surface area contributed by atoms with Crippen LogP contribution in [0, 0.1) is 5.92 Å². The van der Waals surface area contributed by atoms with E-state index in [1.165, 1.54) is 12.8 Å². The van der Waals surface area contributed by atoms with Gasteiger partial charge in [-0.25, -0.2) is 9.78 Å². The third-order valence-electron chi connectivity index (χ3n) is 4.01. The van der Waals surface area contributed by atoms with Crippen molar-refractivity contribution < 1.29 is 14.1 Å². The van der Waals surface area contributed by atoms with Crippen LogP contribution in [0.5, 0.6) is 5.88 Å². The van der Waals surface area contributed by atoms with Crippen LogP contribution in [0.4, 0.5) is 4.79 Å². The standard InChI is InChI=1S/C18H24N4O3/c1-12(2)16-7-15(25-22-16)10-21-18(23)20-9-14-5-6-17(19-8-14)24-11-13-3-4-13/h5-8,12-13H,3-4,9-11H2,1-2H3,(H2,20,21,23). The Kier molecular flexibility index (Phi) is 5.53. The molecule has 7 heteroatoms. The Morgan fingerprint density at radius 1 is 1.32 bits per heavy atom. The van der Waals surface area contributed by atoms with Crippen LogP contribution in [-0.2, 0) is 13.1 Å². The first-order chi connectivity index (χ1) is 12.1. The highest BCUT2D eigenvalue weighted by atomic mass is 16.5. The molecule has 25 heavy (non-hydrogen) atoms. The Morgan fingerprint density at radius 2 is 2.12 bits per heavy atom. The summed E-state index contributed by atoms with van der Waals surface area (Å²) in [4.78, 5) is 16.1. The molecular formula is C18H24N4O3. The number of aromatic nitrogens is 2. The maximum atomic E-state index is 11.9. The summed E-state index contributed by atoms with van der Waals surface area (Å²) in [5, 5.41) is 9.49. The third kappa shape index (κ3) is 5.48. The lowest BCUT2D eigenvalue weighted by atomic mass is 10.1. The molecule has 7 nitrogen and oxygen atoms in total.